The Balaban J connectivity index is 1.56. The van der Waals surface area contributed by atoms with Crippen LogP contribution < -0.4 is 0 Å². The number of hydrogen-bond donors (Lipinski definition) is 1. The maximum absolute atomic E-state index is 12.9. The van der Waals surface area contributed by atoms with Crippen LogP contribution in [0.25, 0.3) is 0 Å². The molecule has 2 aromatic rings. The van der Waals surface area contributed by atoms with Gasteiger partial charge in [-0.05, 0) is 37.1 Å². The second-order valence-electron chi connectivity index (χ2n) is 5.60. The molecule has 112 valence electrons. The summed E-state index contributed by atoms with van der Waals surface area (Å²) in [5.41, 5.74) is 3.26. The van der Waals surface area contributed by atoms with E-state index in [0.717, 1.165) is 49.6 Å². The number of halogens is 1. The lowest BCUT2D eigenvalue weighted by molar-refractivity contribution is -0.0308. The summed E-state index contributed by atoms with van der Waals surface area (Å²) in [6.45, 7) is 5.38. The van der Waals surface area contributed by atoms with Crippen LogP contribution >= 0.6 is 0 Å². The average molecular weight is 289 g/mol. The van der Waals surface area contributed by atoms with Crippen LogP contribution in [0.15, 0.2) is 30.3 Å². The van der Waals surface area contributed by atoms with E-state index in [9.17, 15) is 4.39 Å². The Bertz CT molecular complexity index is 581. The van der Waals surface area contributed by atoms with Crippen molar-refractivity contribution >= 4 is 0 Å². The SMILES string of the molecule is Cc1cc(CN2CCOC(Cc3ccc(F)cc3)C2)n[nH]1. The zero-order chi connectivity index (χ0) is 14.7. The van der Waals surface area contributed by atoms with Crippen LogP contribution in [0, 0.1) is 12.7 Å². The Kier molecular flexibility index (Phi) is 4.31. The second-order valence-corrected chi connectivity index (χ2v) is 5.60. The quantitative estimate of drug-likeness (QED) is 0.939. The van der Waals surface area contributed by atoms with Crippen molar-refractivity contribution in [2.24, 2.45) is 0 Å². The van der Waals surface area contributed by atoms with E-state index in [4.69, 9.17) is 4.74 Å². The Hall–Kier alpha value is -1.72. The summed E-state index contributed by atoms with van der Waals surface area (Å²) < 4.78 is 18.7. The zero-order valence-corrected chi connectivity index (χ0v) is 12.2. The van der Waals surface area contributed by atoms with Crippen molar-refractivity contribution in [2.45, 2.75) is 26.0 Å². The molecule has 0 amide bonds. The van der Waals surface area contributed by atoms with E-state index in [2.05, 4.69) is 21.2 Å². The summed E-state index contributed by atoms with van der Waals surface area (Å²) in [5.74, 6) is -0.196. The molecule has 1 aliphatic heterocycles. The molecule has 1 unspecified atom stereocenters. The van der Waals surface area contributed by atoms with Crippen LogP contribution in [0.3, 0.4) is 0 Å². The number of rotatable bonds is 4. The fraction of sp³-hybridized carbons (Fsp3) is 0.438. The molecule has 0 radical (unpaired) electrons. The third-order valence-electron chi connectivity index (χ3n) is 3.74. The molecule has 1 aromatic heterocycles. The van der Waals surface area contributed by atoms with Gasteiger partial charge in [-0.15, -0.1) is 0 Å². The number of ether oxygens (including phenoxy) is 1. The predicted molar refractivity (Wildman–Crippen MR) is 78.4 cm³/mol. The monoisotopic (exact) mass is 289 g/mol. The van der Waals surface area contributed by atoms with Gasteiger partial charge in [-0.25, -0.2) is 4.39 Å². The first-order valence-electron chi connectivity index (χ1n) is 7.28. The molecule has 0 aliphatic carbocycles. The summed E-state index contributed by atoms with van der Waals surface area (Å²) in [5, 5.41) is 7.25. The summed E-state index contributed by atoms with van der Waals surface area (Å²) >= 11 is 0. The largest absolute Gasteiger partial charge is 0.375 e. The number of benzene rings is 1. The lowest BCUT2D eigenvalue weighted by atomic mass is 10.1. The minimum Gasteiger partial charge on any atom is -0.375 e. The van der Waals surface area contributed by atoms with Gasteiger partial charge in [-0.2, -0.15) is 5.10 Å². The van der Waals surface area contributed by atoms with Gasteiger partial charge in [0.2, 0.25) is 0 Å². The molecule has 21 heavy (non-hydrogen) atoms. The molecule has 2 heterocycles. The number of morpholine rings is 1. The van der Waals surface area contributed by atoms with Gasteiger partial charge in [-0.1, -0.05) is 12.1 Å². The minimum atomic E-state index is -0.196. The predicted octanol–water partition coefficient (Wildman–Crippen LogP) is 2.30. The highest BCUT2D eigenvalue weighted by atomic mass is 19.1. The van der Waals surface area contributed by atoms with Gasteiger partial charge in [0.15, 0.2) is 0 Å². The van der Waals surface area contributed by atoms with E-state index >= 15 is 0 Å². The van der Waals surface area contributed by atoms with E-state index in [1.807, 2.05) is 19.1 Å². The molecule has 0 bridgehead atoms. The molecule has 1 aliphatic rings. The van der Waals surface area contributed by atoms with Gasteiger partial charge in [-0.3, -0.25) is 10.00 Å². The van der Waals surface area contributed by atoms with Crippen molar-refractivity contribution in [1.29, 1.82) is 0 Å². The standard InChI is InChI=1S/C16H20FN3O/c1-12-8-15(19-18-12)10-20-6-7-21-16(11-20)9-13-2-4-14(17)5-3-13/h2-5,8,16H,6-7,9-11H2,1H3,(H,18,19). The number of aryl methyl sites for hydroxylation is 1. The van der Waals surface area contributed by atoms with E-state index in [1.54, 1.807) is 0 Å². The Morgan fingerprint density at radius 1 is 1.38 bits per heavy atom. The molecular formula is C16H20FN3O. The molecule has 1 aromatic carbocycles. The minimum absolute atomic E-state index is 0.157. The smallest absolute Gasteiger partial charge is 0.123 e. The molecule has 1 atom stereocenters. The molecule has 0 spiro atoms. The lowest BCUT2D eigenvalue weighted by Crippen LogP contribution is -2.42. The maximum atomic E-state index is 12.9. The van der Waals surface area contributed by atoms with E-state index in [-0.39, 0.29) is 11.9 Å². The van der Waals surface area contributed by atoms with Gasteiger partial charge >= 0.3 is 0 Å². The van der Waals surface area contributed by atoms with Gasteiger partial charge in [0.25, 0.3) is 0 Å². The third kappa shape index (κ3) is 3.89. The molecule has 3 rings (SSSR count). The summed E-state index contributed by atoms with van der Waals surface area (Å²) in [6, 6.07) is 8.73. The number of aromatic nitrogens is 2. The molecule has 1 N–H and O–H groups in total. The highest BCUT2D eigenvalue weighted by Crippen LogP contribution is 2.14. The molecule has 4 nitrogen and oxygen atoms in total. The topological polar surface area (TPSA) is 41.1 Å². The normalized spacial score (nSPS) is 19.8. The van der Waals surface area contributed by atoms with Crippen molar-refractivity contribution in [3.63, 3.8) is 0 Å². The Labute approximate surface area is 123 Å². The third-order valence-corrected chi connectivity index (χ3v) is 3.74. The maximum Gasteiger partial charge on any atom is 0.123 e. The zero-order valence-electron chi connectivity index (χ0n) is 12.2. The van der Waals surface area contributed by atoms with Gasteiger partial charge in [0.1, 0.15) is 5.82 Å². The van der Waals surface area contributed by atoms with Crippen LogP contribution in [0.4, 0.5) is 4.39 Å². The lowest BCUT2D eigenvalue weighted by Gasteiger charge is -2.32. The molecule has 1 fully saturated rings. The number of H-pyrrole nitrogens is 1. The van der Waals surface area contributed by atoms with Crippen molar-refractivity contribution in [3.8, 4) is 0 Å². The molecule has 1 saturated heterocycles. The summed E-state index contributed by atoms with van der Waals surface area (Å²) in [6.07, 6.45) is 0.973. The Morgan fingerprint density at radius 3 is 2.90 bits per heavy atom. The number of hydrogen-bond acceptors (Lipinski definition) is 3. The average Bonchev–Trinajstić information content (AvgIpc) is 2.87. The fourth-order valence-corrected chi connectivity index (χ4v) is 2.72. The van der Waals surface area contributed by atoms with E-state index < -0.39 is 0 Å². The number of nitrogens with one attached hydrogen (secondary N) is 1. The fourth-order valence-electron chi connectivity index (χ4n) is 2.72. The van der Waals surface area contributed by atoms with Crippen molar-refractivity contribution in [1.82, 2.24) is 15.1 Å². The van der Waals surface area contributed by atoms with Crippen molar-refractivity contribution < 1.29 is 9.13 Å². The molecule has 5 heteroatoms. The summed E-state index contributed by atoms with van der Waals surface area (Å²) in [7, 11) is 0. The second kappa shape index (κ2) is 6.37. The first kappa shape index (κ1) is 14.2. The number of nitrogens with zero attached hydrogens (tertiary/aromatic N) is 2. The van der Waals surface area contributed by atoms with Crippen LogP contribution in [0.5, 0.6) is 0 Å². The number of aromatic amines is 1. The van der Waals surface area contributed by atoms with E-state index in [0.29, 0.717) is 0 Å². The first-order chi connectivity index (χ1) is 10.2. The highest BCUT2D eigenvalue weighted by molar-refractivity contribution is 5.17. The van der Waals surface area contributed by atoms with Crippen molar-refractivity contribution in [3.05, 3.63) is 53.1 Å². The van der Waals surface area contributed by atoms with Crippen LogP contribution in [-0.4, -0.2) is 40.9 Å². The van der Waals surface area contributed by atoms with Gasteiger partial charge < -0.3 is 4.74 Å². The first-order valence-corrected chi connectivity index (χ1v) is 7.28. The van der Waals surface area contributed by atoms with Crippen LogP contribution in [0.2, 0.25) is 0 Å². The van der Waals surface area contributed by atoms with Crippen molar-refractivity contribution in [2.75, 3.05) is 19.7 Å². The van der Waals surface area contributed by atoms with Gasteiger partial charge in [0.05, 0.1) is 18.4 Å². The molecular weight excluding hydrogens is 269 g/mol. The van der Waals surface area contributed by atoms with E-state index in [1.165, 1.54) is 12.1 Å². The van der Waals surface area contributed by atoms with Crippen LogP contribution in [0.1, 0.15) is 17.0 Å². The molecule has 0 saturated carbocycles. The van der Waals surface area contributed by atoms with Gasteiger partial charge in [0, 0.05) is 25.3 Å². The van der Waals surface area contributed by atoms with Crippen LogP contribution in [-0.2, 0) is 17.7 Å². The summed E-state index contributed by atoms with van der Waals surface area (Å²) in [4.78, 5) is 2.35. The highest BCUT2D eigenvalue weighted by Gasteiger charge is 2.21. The Morgan fingerprint density at radius 2 is 2.19 bits per heavy atom.